The molecule has 0 aliphatic heterocycles. The molecule has 0 amide bonds. The third-order valence-electron chi connectivity index (χ3n) is 3.11. The number of hydrogen-bond acceptors (Lipinski definition) is 2. The highest BCUT2D eigenvalue weighted by molar-refractivity contribution is 7.12. The summed E-state index contributed by atoms with van der Waals surface area (Å²) in [7, 11) is 0. The topological polar surface area (TPSA) is 12.0 Å². The summed E-state index contributed by atoms with van der Waals surface area (Å²) in [5.74, 6) is 0.896. The van der Waals surface area contributed by atoms with E-state index in [0.29, 0.717) is 6.04 Å². The maximum absolute atomic E-state index is 3.62. The van der Waals surface area contributed by atoms with Crippen molar-refractivity contribution in [2.24, 2.45) is 5.92 Å². The van der Waals surface area contributed by atoms with E-state index < -0.39 is 0 Å². The molecule has 1 unspecified atom stereocenters. The van der Waals surface area contributed by atoms with E-state index in [1.54, 1.807) is 0 Å². The molecule has 1 heterocycles. The molecule has 1 aromatic rings. The standard InChI is InChI=1S/C12H19NS/c1-3-13-12(10-5-4-6-10)11-8-7-9(2)14-11/h7-8,10,12-13H,3-6H2,1-2H3. The number of nitrogens with one attached hydrogen (secondary N) is 1. The van der Waals surface area contributed by atoms with Crippen molar-refractivity contribution in [3.63, 3.8) is 0 Å². The van der Waals surface area contributed by atoms with Crippen LogP contribution in [0.15, 0.2) is 12.1 Å². The Kier molecular flexibility index (Phi) is 3.24. The zero-order chi connectivity index (χ0) is 9.97. The number of aryl methyl sites for hydroxylation is 1. The minimum Gasteiger partial charge on any atom is -0.309 e. The molecule has 1 aromatic heterocycles. The van der Waals surface area contributed by atoms with Gasteiger partial charge in [-0.15, -0.1) is 11.3 Å². The molecule has 0 spiro atoms. The number of hydrogen-bond donors (Lipinski definition) is 1. The summed E-state index contributed by atoms with van der Waals surface area (Å²) in [4.78, 5) is 2.97. The van der Waals surface area contributed by atoms with Crippen LogP contribution in [0.2, 0.25) is 0 Å². The highest BCUT2D eigenvalue weighted by Gasteiger charge is 2.28. The summed E-state index contributed by atoms with van der Waals surface area (Å²) in [6.07, 6.45) is 4.25. The molecule has 1 N–H and O–H groups in total. The monoisotopic (exact) mass is 209 g/mol. The lowest BCUT2D eigenvalue weighted by molar-refractivity contribution is 0.236. The van der Waals surface area contributed by atoms with E-state index in [-0.39, 0.29) is 0 Å². The molecular formula is C12H19NS. The summed E-state index contributed by atoms with van der Waals surface area (Å²) in [6, 6.07) is 5.17. The summed E-state index contributed by atoms with van der Waals surface area (Å²) >= 11 is 1.95. The molecule has 1 saturated carbocycles. The van der Waals surface area contributed by atoms with Crippen molar-refractivity contribution in [2.45, 2.75) is 39.2 Å². The van der Waals surface area contributed by atoms with Crippen LogP contribution in [0.1, 0.15) is 42.0 Å². The third kappa shape index (κ3) is 2.01. The van der Waals surface area contributed by atoms with Gasteiger partial charge in [-0.3, -0.25) is 0 Å². The first-order valence-electron chi connectivity index (χ1n) is 5.61. The van der Waals surface area contributed by atoms with E-state index in [1.165, 1.54) is 29.0 Å². The van der Waals surface area contributed by atoms with Gasteiger partial charge in [-0.25, -0.2) is 0 Å². The van der Waals surface area contributed by atoms with E-state index in [1.807, 2.05) is 11.3 Å². The van der Waals surface area contributed by atoms with E-state index in [2.05, 4.69) is 31.3 Å². The van der Waals surface area contributed by atoms with E-state index in [9.17, 15) is 0 Å². The van der Waals surface area contributed by atoms with Crippen LogP contribution in [0, 0.1) is 12.8 Å². The Morgan fingerprint density at radius 1 is 1.50 bits per heavy atom. The van der Waals surface area contributed by atoms with Crippen molar-refractivity contribution in [1.82, 2.24) is 5.32 Å². The fourth-order valence-corrected chi connectivity index (χ4v) is 3.16. The van der Waals surface area contributed by atoms with Crippen molar-refractivity contribution in [3.05, 3.63) is 21.9 Å². The molecule has 0 radical (unpaired) electrons. The van der Waals surface area contributed by atoms with Crippen LogP contribution in [0.5, 0.6) is 0 Å². The predicted molar refractivity (Wildman–Crippen MR) is 62.8 cm³/mol. The second-order valence-corrected chi connectivity index (χ2v) is 5.49. The Morgan fingerprint density at radius 2 is 2.29 bits per heavy atom. The van der Waals surface area contributed by atoms with Crippen molar-refractivity contribution < 1.29 is 0 Å². The first-order valence-corrected chi connectivity index (χ1v) is 6.42. The second kappa shape index (κ2) is 4.45. The Balaban J connectivity index is 2.09. The van der Waals surface area contributed by atoms with Gasteiger partial charge in [0.1, 0.15) is 0 Å². The molecule has 0 bridgehead atoms. The second-order valence-electron chi connectivity index (χ2n) is 4.17. The molecule has 1 fully saturated rings. The van der Waals surface area contributed by atoms with Crippen LogP contribution in [0.25, 0.3) is 0 Å². The van der Waals surface area contributed by atoms with Gasteiger partial charge < -0.3 is 5.32 Å². The number of rotatable bonds is 4. The highest BCUT2D eigenvalue weighted by atomic mass is 32.1. The van der Waals surface area contributed by atoms with Crippen molar-refractivity contribution in [3.8, 4) is 0 Å². The van der Waals surface area contributed by atoms with Gasteiger partial charge in [0.25, 0.3) is 0 Å². The quantitative estimate of drug-likeness (QED) is 0.800. The normalized spacial score (nSPS) is 19.3. The van der Waals surface area contributed by atoms with Crippen molar-refractivity contribution >= 4 is 11.3 Å². The average Bonchev–Trinajstić information content (AvgIpc) is 2.48. The van der Waals surface area contributed by atoms with Crippen molar-refractivity contribution in [2.75, 3.05) is 6.54 Å². The Morgan fingerprint density at radius 3 is 2.71 bits per heavy atom. The first kappa shape index (κ1) is 10.2. The molecule has 1 aliphatic rings. The molecule has 78 valence electrons. The molecule has 1 aliphatic carbocycles. The maximum Gasteiger partial charge on any atom is 0.0443 e. The van der Waals surface area contributed by atoms with Gasteiger partial charge in [-0.2, -0.15) is 0 Å². The zero-order valence-electron chi connectivity index (χ0n) is 9.05. The predicted octanol–water partition coefficient (Wildman–Crippen LogP) is 3.51. The minimum absolute atomic E-state index is 0.632. The molecule has 1 atom stereocenters. The molecule has 0 saturated heterocycles. The van der Waals surface area contributed by atoms with Gasteiger partial charge in [0.2, 0.25) is 0 Å². The summed E-state index contributed by atoms with van der Waals surface area (Å²) in [6.45, 7) is 5.47. The first-order chi connectivity index (χ1) is 6.81. The fraction of sp³-hybridized carbons (Fsp3) is 0.667. The highest BCUT2D eigenvalue weighted by Crippen LogP contribution is 2.39. The van der Waals surface area contributed by atoms with E-state index in [4.69, 9.17) is 0 Å². The lowest BCUT2D eigenvalue weighted by atomic mass is 9.79. The fourth-order valence-electron chi connectivity index (χ4n) is 2.11. The van der Waals surface area contributed by atoms with Gasteiger partial charge in [0.05, 0.1) is 0 Å². The third-order valence-corrected chi connectivity index (χ3v) is 4.20. The molecule has 2 heteroatoms. The van der Waals surface area contributed by atoms with Gasteiger partial charge >= 0.3 is 0 Å². The average molecular weight is 209 g/mol. The summed E-state index contributed by atoms with van der Waals surface area (Å²) in [5.41, 5.74) is 0. The minimum atomic E-state index is 0.632. The summed E-state index contributed by atoms with van der Waals surface area (Å²) in [5, 5.41) is 3.62. The molecule has 2 rings (SSSR count). The number of thiophene rings is 1. The van der Waals surface area contributed by atoms with Crippen LogP contribution in [-0.4, -0.2) is 6.54 Å². The largest absolute Gasteiger partial charge is 0.309 e. The lowest BCUT2D eigenvalue weighted by Crippen LogP contribution is -2.31. The zero-order valence-corrected chi connectivity index (χ0v) is 9.86. The van der Waals surface area contributed by atoms with Crippen LogP contribution in [0.3, 0.4) is 0 Å². The lowest BCUT2D eigenvalue weighted by Gasteiger charge is -2.33. The van der Waals surface area contributed by atoms with Crippen LogP contribution in [0.4, 0.5) is 0 Å². The van der Waals surface area contributed by atoms with Gasteiger partial charge in [0, 0.05) is 15.8 Å². The van der Waals surface area contributed by atoms with E-state index in [0.717, 1.165) is 12.5 Å². The van der Waals surface area contributed by atoms with Crippen LogP contribution < -0.4 is 5.32 Å². The van der Waals surface area contributed by atoms with Crippen LogP contribution in [-0.2, 0) is 0 Å². The van der Waals surface area contributed by atoms with Gasteiger partial charge in [-0.05, 0) is 44.4 Å². The molecule has 0 aromatic carbocycles. The van der Waals surface area contributed by atoms with Gasteiger partial charge in [0.15, 0.2) is 0 Å². The Labute approximate surface area is 90.5 Å². The maximum atomic E-state index is 3.62. The molecule has 1 nitrogen and oxygen atoms in total. The van der Waals surface area contributed by atoms with Crippen molar-refractivity contribution in [1.29, 1.82) is 0 Å². The Hall–Kier alpha value is -0.340. The smallest absolute Gasteiger partial charge is 0.0443 e. The Bertz CT molecular complexity index is 288. The molecular weight excluding hydrogens is 190 g/mol. The van der Waals surface area contributed by atoms with Gasteiger partial charge in [-0.1, -0.05) is 13.3 Å². The SMILES string of the molecule is CCNC(c1ccc(C)s1)C1CCC1. The molecule has 14 heavy (non-hydrogen) atoms. The van der Waals surface area contributed by atoms with E-state index >= 15 is 0 Å². The summed E-state index contributed by atoms with van der Waals surface area (Å²) < 4.78 is 0. The van der Waals surface area contributed by atoms with Crippen LogP contribution >= 0.6 is 11.3 Å².